The molecule has 0 bridgehead atoms. The Morgan fingerprint density at radius 2 is 2.06 bits per heavy atom. The lowest BCUT2D eigenvalue weighted by Gasteiger charge is -2.33. The fourth-order valence-corrected chi connectivity index (χ4v) is 4.28. The lowest BCUT2D eigenvalue weighted by Crippen LogP contribution is -2.55. The van der Waals surface area contributed by atoms with Gasteiger partial charge in [-0.1, -0.05) is 36.4 Å². The number of rotatable bonds is 7. The Morgan fingerprint density at radius 3 is 2.79 bits per heavy atom. The number of ether oxygens (including phenoxy) is 1. The van der Waals surface area contributed by atoms with Gasteiger partial charge in [-0.15, -0.1) is 5.10 Å². The first-order valence-electron chi connectivity index (χ1n) is 11.6. The van der Waals surface area contributed by atoms with Crippen molar-refractivity contribution < 1.29 is 9.53 Å². The van der Waals surface area contributed by atoms with E-state index < -0.39 is 6.04 Å². The summed E-state index contributed by atoms with van der Waals surface area (Å²) in [6.07, 6.45) is 4.37. The molecule has 34 heavy (non-hydrogen) atoms. The smallest absolute Gasteiger partial charge is 0.238 e. The second-order valence-electron chi connectivity index (χ2n) is 8.94. The number of nitrogens with zero attached hydrogens (tertiary/aromatic N) is 4. The van der Waals surface area contributed by atoms with Gasteiger partial charge >= 0.3 is 0 Å². The van der Waals surface area contributed by atoms with Crippen molar-refractivity contribution in [2.75, 3.05) is 7.11 Å². The van der Waals surface area contributed by atoms with Gasteiger partial charge in [-0.2, -0.15) is 5.26 Å². The van der Waals surface area contributed by atoms with E-state index in [2.05, 4.69) is 40.9 Å². The largest absolute Gasteiger partial charge is 0.497 e. The Morgan fingerprint density at radius 1 is 1.26 bits per heavy atom. The van der Waals surface area contributed by atoms with E-state index in [9.17, 15) is 10.1 Å². The summed E-state index contributed by atoms with van der Waals surface area (Å²) in [7, 11) is 1.63. The molecule has 0 spiro atoms. The first-order chi connectivity index (χ1) is 16.5. The molecule has 1 saturated heterocycles. The quantitative estimate of drug-likeness (QED) is 0.563. The predicted molar refractivity (Wildman–Crippen MR) is 129 cm³/mol. The SMILES string of the molecule is COc1cccc(-c2cn(-c3ccc(C[C@@H](C#N)NC(=O)[C@H]4N[C@@H](C)CC[C@H]4C)cc3)nn2)c1. The minimum absolute atomic E-state index is 0.102. The first kappa shape index (κ1) is 23.5. The van der Waals surface area contributed by atoms with Crippen LogP contribution >= 0.6 is 0 Å². The average molecular weight is 459 g/mol. The zero-order valence-corrected chi connectivity index (χ0v) is 19.7. The van der Waals surface area contributed by atoms with Crippen LogP contribution in [0.25, 0.3) is 16.9 Å². The Hall–Kier alpha value is -3.70. The standard InChI is InChI=1S/C26H30N6O2/c1-17-7-8-18(2)28-25(17)26(33)29-21(15-27)13-19-9-11-22(12-10-19)32-16-24(30-31-32)20-5-4-6-23(14-20)34-3/h4-6,9-12,14,16-18,21,25,28H,7-8,13H2,1-3H3,(H,29,33)/t17-,18+,21+,25+/m1/s1. The molecule has 1 aromatic heterocycles. The molecule has 176 valence electrons. The highest BCUT2D eigenvalue weighted by Crippen LogP contribution is 2.23. The van der Waals surface area contributed by atoms with E-state index in [0.717, 1.165) is 41.1 Å². The molecule has 8 nitrogen and oxygen atoms in total. The number of methoxy groups -OCH3 is 1. The van der Waals surface area contributed by atoms with Gasteiger partial charge in [-0.05, 0) is 55.5 Å². The van der Waals surface area contributed by atoms with Crippen molar-refractivity contribution in [1.29, 1.82) is 5.26 Å². The number of benzene rings is 2. The number of nitrogens with one attached hydrogen (secondary N) is 2. The zero-order valence-electron chi connectivity index (χ0n) is 19.7. The molecule has 4 rings (SSSR count). The van der Waals surface area contributed by atoms with Gasteiger partial charge in [0.1, 0.15) is 17.5 Å². The molecule has 8 heteroatoms. The molecule has 1 aliphatic rings. The summed E-state index contributed by atoms with van der Waals surface area (Å²) in [6.45, 7) is 4.16. The van der Waals surface area contributed by atoms with Crippen molar-refractivity contribution in [2.45, 2.75) is 51.2 Å². The van der Waals surface area contributed by atoms with Gasteiger partial charge in [0.25, 0.3) is 0 Å². The maximum absolute atomic E-state index is 12.8. The van der Waals surface area contributed by atoms with Gasteiger partial charge in [0, 0.05) is 18.0 Å². The van der Waals surface area contributed by atoms with E-state index in [0.29, 0.717) is 12.5 Å². The predicted octanol–water partition coefficient (Wildman–Crippen LogP) is 3.27. The van der Waals surface area contributed by atoms with Crippen molar-refractivity contribution in [1.82, 2.24) is 25.6 Å². The number of nitriles is 1. The zero-order chi connectivity index (χ0) is 24.1. The van der Waals surface area contributed by atoms with Crippen LogP contribution in [0.15, 0.2) is 54.7 Å². The number of piperidine rings is 1. The second-order valence-corrected chi connectivity index (χ2v) is 8.94. The number of amides is 1. The highest BCUT2D eigenvalue weighted by molar-refractivity contribution is 5.82. The third-order valence-electron chi connectivity index (χ3n) is 6.34. The van der Waals surface area contributed by atoms with Gasteiger partial charge in [-0.3, -0.25) is 4.79 Å². The molecule has 0 aliphatic carbocycles. The van der Waals surface area contributed by atoms with Gasteiger partial charge in [0.2, 0.25) is 5.91 Å². The average Bonchev–Trinajstić information content (AvgIpc) is 3.36. The second kappa shape index (κ2) is 10.5. The van der Waals surface area contributed by atoms with E-state index in [1.165, 1.54) is 0 Å². The van der Waals surface area contributed by atoms with Crippen LogP contribution in [0.2, 0.25) is 0 Å². The molecule has 0 unspecified atom stereocenters. The highest BCUT2D eigenvalue weighted by atomic mass is 16.5. The molecule has 2 heterocycles. The van der Waals surface area contributed by atoms with Crippen molar-refractivity contribution in [2.24, 2.45) is 5.92 Å². The van der Waals surface area contributed by atoms with Crippen molar-refractivity contribution >= 4 is 5.91 Å². The van der Waals surface area contributed by atoms with Crippen LogP contribution in [0.5, 0.6) is 5.75 Å². The van der Waals surface area contributed by atoms with E-state index in [1.807, 2.05) is 54.7 Å². The number of hydrogen-bond donors (Lipinski definition) is 2. The van der Waals surface area contributed by atoms with E-state index in [4.69, 9.17) is 4.74 Å². The van der Waals surface area contributed by atoms with Crippen LogP contribution in [0, 0.1) is 17.2 Å². The fraction of sp³-hybridized carbons (Fsp3) is 0.385. The Labute approximate surface area is 199 Å². The van der Waals surface area contributed by atoms with Gasteiger partial charge in [0.05, 0.1) is 31.1 Å². The number of carbonyl (C=O) groups is 1. The van der Waals surface area contributed by atoms with E-state index in [1.54, 1.807) is 11.8 Å². The summed E-state index contributed by atoms with van der Waals surface area (Å²) < 4.78 is 6.99. The number of aromatic nitrogens is 3. The van der Waals surface area contributed by atoms with Crippen molar-refractivity contribution in [3.05, 3.63) is 60.3 Å². The minimum Gasteiger partial charge on any atom is -0.497 e. The topological polar surface area (TPSA) is 105 Å². The molecular formula is C26H30N6O2. The number of hydrogen-bond acceptors (Lipinski definition) is 6. The molecule has 4 atom stereocenters. The fourth-order valence-electron chi connectivity index (χ4n) is 4.28. The van der Waals surface area contributed by atoms with Gasteiger partial charge in [-0.25, -0.2) is 4.68 Å². The molecule has 1 fully saturated rings. The van der Waals surface area contributed by atoms with Crippen LogP contribution in [0.3, 0.4) is 0 Å². The monoisotopic (exact) mass is 458 g/mol. The summed E-state index contributed by atoms with van der Waals surface area (Å²) in [5.41, 5.74) is 3.49. The van der Waals surface area contributed by atoms with Crippen molar-refractivity contribution in [3.8, 4) is 28.8 Å². The third kappa shape index (κ3) is 5.43. The normalized spacial score (nSPS) is 20.8. The van der Waals surface area contributed by atoms with Crippen LogP contribution in [-0.4, -0.2) is 46.1 Å². The molecule has 0 radical (unpaired) electrons. The Kier molecular flexibility index (Phi) is 7.24. The highest BCUT2D eigenvalue weighted by Gasteiger charge is 2.31. The van der Waals surface area contributed by atoms with Crippen LogP contribution in [0.4, 0.5) is 0 Å². The Bertz CT molecular complexity index is 1170. The Balaban J connectivity index is 1.40. The molecule has 1 aliphatic heterocycles. The summed E-state index contributed by atoms with van der Waals surface area (Å²) in [5, 5.41) is 24.4. The minimum atomic E-state index is -0.587. The first-order valence-corrected chi connectivity index (χ1v) is 11.6. The molecule has 2 aromatic carbocycles. The number of carbonyl (C=O) groups excluding carboxylic acids is 1. The summed E-state index contributed by atoms with van der Waals surface area (Å²) in [5.74, 6) is 0.910. The lowest BCUT2D eigenvalue weighted by molar-refractivity contribution is -0.125. The van der Waals surface area contributed by atoms with Gasteiger partial charge in [0.15, 0.2) is 0 Å². The molecule has 3 aromatic rings. The lowest BCUT2D eigenvalue weighted by atomic mass is 9.88. The molecule has 1 amide bonds. The molecule has 2 N–H and O–H groups in total. The maximum Gasteiger partial charge on any atom is 0.238 e. The third-order valence-corrected chi connectivity index (χ3v) is 6.34. The molecular weight excluding hydrogens is 428 g/mol. The van der Waals surface area contributed by atoms with Crippen LogP contribution in [-0.2, 0) is 11.2 Å². The summed E-state index contributed by atoms with van der Waals surface area (Å²) in [6, 6.07) is 17.1. The maximum atomic E-state index is 12.8. The van der Waals surface area contributed by atoms with Crippen molar-refractivity contribution in [3.63, 3.8) is 0 Å². The summed E-state index contributed by atoms with van der Waals surface area (Å²) in [4.78, 5) is 12.8. The van der Waals surface area contributed by atoms with Crippen LogP contribution in [0.1, 0.15) is 32.3 Å². The van der Waals surface area contributed by atoms with Crippen LogP contribution < -0.4 is 15.4 Å². The van der Waals surface area contributed by atoms with Gasteiger partial charge < -0.3 is 15.4 Å². The van der Waals surface area contributed by atoms with E-state index >= 15 is 0 Å². The summed E-state index contributed by atoms with van der Waals surface area (Å²) >= 11 is 0. The van der Waals surface area contributed by atoms with E-state index in [-0.39, 0.29) is 17.9 Å². The molecule has 0 saturated carbocycles.